The van der Waals surface area contributed by atoms with Crippen LogP contribution in [0.15, 0.2) is 18.2 Å². The van der Waals surface area contributed by atoms with E-state index in [2.05, 4.69) is 5.32 Å². The van der Waals surface area contributed by atoms with Crippen LogP contribution in [0.25, 0.3) is 0 Å². The van der Waals surface area contributed by atoms with Crippen LogP contribution in [0.5, 0.6) is 11.5 Å². The number of nitrogens with one attached hydrogen (secondary N) is 1. The Morgan fingerprint density at radius 2 is 1.79 bits per heavy atom. The second-order valence-corrected chi connectivity index (χ2v) is 5.16. The van der Waals surface area contributed by atoms with Gasteiger partial charge in [0.2, 0.25) is 0 Å². The van der Waals surface area contributed by atoms with Crippen LogP contribution in [0.2, 0.25) is 0 Å². The minimum Gasteiger partial charge on any atom is -0.493 e. The van der Waals surface area contributed by atoms with E-state index in [1.807, 2.05) is 25.2 Å². The first-order valence-electron chi connectivity index (χ1n) is 6.75. The standard InChI is InChI=1S/C15H23NO3/c1-16-12-6-8-15(17,9-7-12)11-4-5-13(18-2)14(10-11)19-3/h4-5,10,12,16-17H,6-9H2,1-3H3. The summed E-state index contributed by atoms with van der Waals surface area (Å²) in [6, 6.07) is 6.19. The fourth-order valence-corrected chi connectivity index (χ4v) is 2.80. The molecule has 2 rings (SSSR count). The fourth-order valence-electron chi connectivity index (χ4n) is 2.80. The molecular formula is C15H23NO3. The van der Waals surface area contributed by atoms with Gasteiger partial charge in [-0.1, -0.05) is 6.07 Å². The number of hydrogen-bond acceptors (Lipinski definition) is 4. The summed E-state index contributed by atoms with van der Waals surface area (Å²) in [5.74, 6) is 1.36. The van der Waals surface area contributed by atoms with E-state index in [1.54, 1.807) is 14.2 Å². The van der Waals surface area contributed by atoms with Crippen LogP contribution in [0.4, 0.5) is 0 Å². The molecule has 1 aliphatic carbocycles. The Balaban J connectivity index is 2.21. The van der Waals surface area contributed by atoms with Crippen molar-refractivity contribution in [2.75, 3.05) is 21.3 Å². The van der Waals surface area contributed by atoms with Crippen LogP contribution in [0.1, 0.15) is 31.2 Å². The Morgan fingerprint density at radius 1 is 1.16 bits per heavy atom. The lowest BCUT2D eigenvalue weighted by Crippen LogP contribution is -2.38. The van der Waals surface area contributed by atoms with E-state index in [0.717, 1.165) is 31.2 Å². The Labute approximate surface area is 114 Å². The van der Waals surface area contributed by atoms with Gasteiger partial charge in [0.15, 0.2) is 11.5 Å². The van der Waals surface area contributed by atoms with E-state index in [9.17, 15) is 5.11 Å². The average Bonchev–Trinajstić information content (AvgIpc) is 2.47. The molecular weight excluding hydrogens is 242 g/mol. The third-order valence-electron chi connectivity index (χ3n) is 4.14. The number of methoxy groups -OCH3 is 2. The first kappa shape index (κ1) is 14.2. The van der Waals surface area contributed by atoms with Crippen LogP contribution in [-0.4, -0.2) is 32.4 Å². The highest BCUT2D eigenvalue weighted by atomic mass is 16.5. The van der Waals surface area contributed by atoms with E-state index in [1.165, 1.54) is 0 Å². The van der Waals surface area contributed by atoms with Gasteiger partial charge in [0, 0.05) is 6.04 Å². The summed E-state index contributed by atoms with van der Waals surface area (Å²) < 4.78 is 10.5. The minimum atomic E-state index is -0.743. The minimum absolute atomic E-state index is 0.514. The number of ether oxygens (including phenoxy) is 2. The van der Waals surface area contributed by atoms with Crippen molar-refractivity contribution in [3.05, 3.63) is 23.8 Å². The highest BCUT2D eigenvalue weighted by Gasteiger charge is 2.34. The lowest BCUT2D eigenvalue weighted by molar-refractivity contribution is -0.00782. The summed E-state index contributed by atoms with van der Waals surface area (Å²) in [5.41, 5.74) is 0.173. The van der Waals surface area contributed by atoms with E-state index in [4.69, 9.17) is 9.47 Å². The molecule has 0 aromatic heterocycles. The topological polar surface area (TPSA) is 50.7 Å². The molecule has 0 bridgehead atoms. The molecule has 4 heteroatoms. The molecule has 19 heavy (non-hydrogen) atoms. The third kappa shape index (κ3) is 2.85. The zero-order chi connectivity index (χ0) is 13.9. The molecule has 0 spiro atoms. The highest BCUT2D eigenvalue weighted by Crippen LogP contribution is 2.40. The Hall–Kier alpha value is -1.26. The van der Waals surface area contributed by atoms with Gasteiger partial charge in [-0.25, -0.2) is 0 Å². The van der Waals surface area contributed by atoms with E-state index >= 15 is 0 Å². The van der Waals surface area contributed by atoms with Crippen LogP contribution in [0, 0.1) is 0 Å². The number of hydrogen-bond donors (Lipinski definition) is 2. The van der Waals surface area contributed by atoms with Gasteiger partial charge in [0.1, 0.15) is 0 Å². The predicted octanol–water partition coefficient (Wildman–Crippen LogP) is 2.05. The summed E-state index contributed by atoms with van der Waals surface area (Å²) in [5, 5.41) is 14.1. The van der Waals surface area contributed by atoms with Crippen molar-refractivity contribution >= 4 is 0 Å². The first-order valence-corrected chi connectivity index (χ1v) is 6.75. The first-order chi connectivity index (χ1) is 9.12. The molecule has 1 aliphatic rings. The maximum Gasteiger partial charge on any atom is 0.161 e. The Kier molecular flexibility index (Phi) is 4.32. The second kappa shape index (κ2) is 5.80. The Bertz CT molecular complexity index is 425. The lowest BCUT2D eigenvalue weighted by Gasteiger charge is -2.36. The monoisotopic (exact) mass is 265 g/mol. The number of aliphatic hydroxyl groups is 1. The van der Waals surface area contributed by atoms with Crippen molar-refractivity contribution < 1.29 is 14.6 Å². The summed E-state index contributed by atoms with van der Waals surface area (Å²) in [4.78, 5) is 0. The smallest absolute Gasteiger partial charge is 0.161 e. The molecule has 106 valence electrons. The molecule has 0 radical (unpaired) electrons. The molecule has 4 nitrogen and oxygen atoms in total. The zero-order valence-corrected chi connectivity index (χ0v) is 11.9. The van der Waals surface area contributed by atoms with Crippen LogP contribution >= 0.6 is 0 Å². The molecule has 1 saturated carbocycles. The molecule has 0 amide bonds. The molecule has 0 unspecified atom stereocenters. The quantitative estimate of drug-likeness (QED) is 0.875. The van der Waals surface area contributed by atoms with Gasteiger partial charge in [-0.05, 0) is 50.4 Å². The van der Waals surface area contributed by atoms with Gasteiger partial charge < -0.3 is 19.9 Å². The molecule has 1 aromatic rings. The number of benzene rings is 1. The maximum absolute atomic E-state index is 10.8. The SMILES string of the molecule is CNC1CCC(O)(c2ccc(OC)c(OC)c2)CC1. The third-order valence-corrected chi connectivity index (χ3v) is 4.14. The van der Waals surface area contributed by atoms with Gasteiger partial charge in [-0.15, -0.1) is 0 Å². The fraction of sp³-hybridized carbons (Fsp3) is 0.600. The average molecular weight is 265 g/mol. The zero-order valence-electron chi connectivity index (χ0n) is 11.9. The van der Waals surface area contributed by atoms with Crippen molar-refractivity contribution in [1.29, 1.82) is 0 Å². The van der Waals surface area contributed by atoms with E-state index in [0.29, 0.717) is 17.5 Å². The van der Waals surface area contributed by atoms with Crippen molar-refractivity contribution in [2.24, 2.45) is 0 Å². The van der Waals surface area contributed by atoms with Crippen LogP contribution in [-0.2, 0) is 5.60 Å². The molecule has 1 fully saturated rings. The summed E-state index contributed by atoms with van der Waals surface area (Å²) in [6.45, 7) is 0. The van der Waals surface area contributed by atoms with E-state index < -0.39 is 5.60 Å². The van der Waals surface area contributed by atoms with E-state index in [-0.39, 0.29) is 0 Å². The van der Waals surface area contributed by atoms with Gasteiger partial charge in [0.25, 0.3) is 0 Å². The van der Waals surface area contributed by atoms with Crippen LogP contribution < -0.4 is 14.8 Å². The van der Waals surface area contributed by atoms with Gasteiger partial charge in [-0.3, -0.25) is 0 Å². The maximum atomic E-state index is 10.8. The number of rotatable bonds is 4. The molecule has 0 atom stereocenters. The molecule has 0 heterocycles. The largest absolute Gasteiger partial charge is 0.493 e. The van der Waals surface area contributed by atoms with Crippen molar-refractivity contribution in [3.8, 4) is 11.5 Å². The normalized spacial score (nSPS) is 27.1. The summed E-state index contributed by atoms with van der Waals surface area (Å²) in [7, 11) is 5.21. The van der Waals surface area contributed by atoms with Crippen molar-refractivity contribution in [1.82, 2.24) is 5.32 Å². The highest BCUT2D eigenvalue weighted by molar-refractivity contribution is 5.44. The summed E-state index contributed by atoms with van der Waals surface area (Å²) >= 11 is 0. The van der Waals surface area contributed by atoms with Crippen LogP contribution in [0.3, 0.4) is 0 Å². The predicted molar refractivity (Wildman–Crippen MR) is 74.8 cm³/mol. The lowest BCUT2D eigenvalue weighted by atomic mass is 9.77. The Morgan fingerprint density at radius 3 is 2.32 bits per heavy atom. The van der Waals surface area contributed by atoms with Crippen molar-refractivity contribution in [2.45, 2.75) is 37.3 Å². The van der Waals surface area contributed by atoms with Gasteiger partial charge in [0.05, 0.1) is 19.8 Å². The summed E-state index contributed by atoms with van der Waals surface area (Å²) in [6.07, 6.45) is 3.52. The molecule has 2 N–H and O–H groups in total. The van der Waals surface area contributed by atoms with Gasteiger partial charge in [-0.2, -0.15) is 0 Å². The van der Waals surface area contributed by atoms with Crippen molar-refractivity contribution in [3.63, 3.8) is 0 Å². The van der Waals surface area contributed by atoms with Gasteiger partial charge >= 0.3 is 0 Å². The second-order valence-electron chi connectivity index (χ2n) is 5.16. The molecule has 1 aromatic carbocycles. The molecule has 0 aliphatic heterocycles. The molecule has 0 saturated heterocycles.